The first-order chi connectivity index (χ1) is 9.88. The molecule has 0 bridgehead atoms. The number of nitrogens with one attached hydrogen (secondary N) is 2. The Balaban J connectivity index is 2.27. The Kier molecular flexibility index (Phi) is 4.76. The van der Waals surface area contributed by atoms with Crippen LogP contribution < -0.4 is 4.72 Å². The van der Waals surface area contributed by atoms with E-state index < -0.39 is 10.0 Å². The van der Waals surface area contributed by atoms with E-state index in [0.717, 1.165) is 5.56 Å². The van der Waals surface area contributed by atoms with Gasteiger partial charge in [-0.25, -0.2) is 18.1 Å². The van der Waals surface area contributed by atoms with Gasteiger partial charge < -0.3 is 9.88 Å². The summed E-state index contributed by atoms with van der Waals surface area (Å²) in [4.78, 5) is 8.63. The highest BCUT2D eigenvalue weighted by Gasteiger charge is 2.23. The number of sulfonamides is 1. The van der Waals surface area contributed by atoms with Gasteiger partial charge in [0.05, 0.1) is 12.2 Å². The van der Waals surface area contributed by atoms with Crippen LogP contribution in [0.1, 0.15) is 17.4 Å². The van der Waals surface area contributed by atoms with Gasteiger partial charge in [-0.05, 0) is 26.6 Å². The largest absolute Gasteiger partial charge is 0.332 e. The van der Waals surface area contributed by atoms with Gasteiger partial charge in [0.25, 0.3) is 10.0 Å². The lowest BCUT2D eigenvalue weighted by Gasteiger charge is -2.22. The molecular weight excluding hydrogens is 288 g/mol. The molecule has 2 rings (SSSR count). The van der Waals surface area contributed by atoms with Crippen molar-refractivity contribution in [3.8, 4) is 0 Å². The highest BCUT2D eigenvalue weighted by molar-refractivity contribution is 7.89. The summed E-state index contributed by atoms with van der Waals surface area (Å²) in [5.74, 6) is 0.569. The Bertz CT molecular complexity index is 680. The Morgan fingerprint density at radius 2 is 1.95 bits per heavy atom. The first-order valence-electron chi connectivity index (χ1n) is 6.62. The van der Waals surface area contributed by atoms with Gasteiger partial charge in [0, 0.05) is 6.54 Å². The van der Waals surface area contributed by atoms with Gasteiger partial charge in [0.2, 0.25) is 0 Å². The van der Waals surface area contributed by atoms with Crippen LogP contribution in [0.5, 0.6) is 0 Å². The molecule has 0 aliphatic rings. The van der Waals surface area contributed by atoms with Crippen LogP contribution >= 0.6 is 0 Å². The number of benzene rings is 1. The van der Waals surface area contributed by atoms with Crippen molar-refractivity contribution in [3.05, 3.63) is 47.9 Å². The quantitative estimate of drug-likeness (QED) is 0.843. The molecule has 1 aromatic carbocycles. The second-order valence-corrected chi connectivity index (χ2v) is 6.86. The van der Waals surface area contributed by atoms with Crippen molar-refractivity contribution < 1.29 is 8.42 Å². The molecular formula is C14H20N4O2S. The van der Waals surface area contributed by atoms with Gasteiger partial charge in [-0.2, -0.15) is 0 Å². The molecule has 0 radical (unpaired) electrons. The first kappa shape index (κ1) is 15.7. The zero-order chi connectivity index (χ0) is 15.5. The summed E-state index contributed by atoms with van der Waals surface area (Å²) in [5.41, 5.74) is 0.922. The summed E-state index contributed by atoms with van der Waals surface area (Å²) in [6.07, 6.45) is 1.33. The molecule has 7 heteroatoms. The molecule has 114 valence electrons. The van der Waals surface area contributed by atoms with Crippen LogP contribution in [-0.2, 0) is 10.0 Å². The van der Waals surface area contributed by atoms with E-state index in [-0.39, 0.29) is 11.1 Å². The SMILES string of the molecule is Cc1ncc(S(=O)(=O)NC(CN(C)C)c2ccccc2)[nH]1. The van der Waals surface area contributed by atoms with E-state index in [4.69, 9.17) is 0 Å². The van der Waals surface area contributed by atoms with Crippen molar-refractivity contribution in [2.75, 3.05) is 20.6 Å². The number of aromatic amines is 1. The predicted octanol–water partition coefficient (Wildman–Crippen LogP) is 1.30. The molecule has 2 aromatic rings. The van der Waals surface area contributed by atoms with Crippen LogP contribution in [0, 0.1) is 6.92 Å². The lowest BCUT2D eigenvalue weighted by molar-refractivity contribution is 0.363. The molecule has 6 nitrogen and oxygen atoms in total. The number of likely N-dealkylation sites (N-methyl/N-ethyl adjacent to an activating group) is 1. The van der Waals surface area contributed by atoms with Crippen LogP contribution in [-0.4, -0.2) is 43.9 Å². The number of imidazole rings is 1. The third kappa shape index (κ3) is 4.13. The molecule has 0 saturated heterocycles. The van der Waals surface area contributed by atoms with Crippen LogP contribution in [0.2, 0.25) is 0 Å². The lowest BCUT2D eigenvalue weighted by atomic mass is 10.1. The van der Waals surface area contributed by atoms with Gasteiger partial charge in [-0.3, -0.25) is 0 Å². The van der Waals surface area contributed by atoms with E-state index >= 15 is 0 Å². The Morgan fingerprint density at radius 3 is 2.48 bits per heavy atom. The minimum absolute atomic E-state index is 0.0830. The van der Waals surface area contributed by atoms with Crippen molar-refractivity contribution in [3.63, 3.8) is 0 Å². The molecule has 0 spiro atoms. The fourth-order valence-electron chi connectivity index (χ4n) is 2.05. The minimum Gasteiger partial charge on any atom is -0.332 e. The normalized spacial score (nSPS) is 13.5. The van der Waals surface area contributed by atoms with Gasteiger partial charge >= 0.3 is 0 Å². The number of aryl methyl sites for hydroxylation is 1. The van der Waals surface area contributed by atoms with E-state index in [1.54, 1.807) is 6.92 Å². The van der Waals surface area contributed by atoms with E-state index in [1.807, 2.05) is 49.3 Å². The van der Waals surface area contributed by atoms with E-state index in [9.17, 15) is 8.42 Å². The van der Waals surface area contributed by atoms with Crippen LogP contribution in [0.15, 0.2) is 41.6 Å². The standard InChI is InChI=1S/C14H20N4O2S/c1-11-15-9-14(16-11)21(19,20)17-13(10-18(2)3)12-7-5-4-6-8-12/h4-9,13,17H,10H2,1-3H3,(H,15,16). The molecule has 0 aliphatic carbocycles. The maximum absolute atomic E-state index is 12.4. The highest BCUT2D eigenvalue weighted by Crippen LogP contribution is 2.17. The third-order valence-electron chi connectivity index (χ3n) is 3.02. The third-order valence-corrected chi connectivity index (χ3v) is 4.40. The lowest BCUT2D eigenvalue weighted by Crippen LogP contribution is -2.35. The van der Waals surface area contributed by atoms with Gasteiger partial charge in [0.1, 0.15) is 5.82 Å². The molecule has 1 unspecified atom stereocenters. The van der Waals surface area contributed by atoms with Crippen molar-refractivity contribution >= 4 is 10.0 Å². The van der Waals surface area contributed by atoms with E-state index in [2.05, 4.69) is 14.7 Å². The molecule has 21 heavy (non-hydrogen) atoms. The summed E-state index contributed by atoms with van der Waals surface area (Å²) in [7, 11) is 0.187. The zero-order valence-electron chi connectivity index (χ0n) is 12.4. The maximum Gasteiger partial charge on any atom is 0.258 e. The number of nitrogens with zero attached hydrogens (tertiary/aromatic N) is 2. The Hall–Kier alpha value is -1.70. The summed E-state index contributed by atoms with van der Waals surface area (Å²) in [6, 6.07) is 9.20. The van der Waals surface area contributed by atoms with Crippen molar-refractivity contribution in [2.45, 2.75) is 18.0 Å². The Labute approximate surface area is 125 Å². The smallest absolute Gasteiger partial charge is 0.258 e. The summed E-state index contributed by atoms with van der Waals surface area (Å²) >= 11 is 0. The fraction of sp³-hybridized carbons (Fsp3) is 0.357. The number of H-pyrrole nitrogens is 1. The molecule has 0 saturated carbocycles. The highest BCUT2D eigenvalue weighted by atomic mass is 32.2. The van der Waals surface area contributed by atoms with Crippen LogP contribution in [0.4, 0.5) is 0 Å². The van der Waals surface area contributed by atoms with Crippen molar-refractivity contribution in [1.29, 1.82) is 0 Å². The molecule has 1 heterocycles. The summed E-state index contributed by atoms with van der Waals surface area (Å²) < 4.78 is 27.5. The summed E-state index contributed by atoms with van der Waals surface area (Å²) in [6.45, 7) is 2.28. The maximum atomic E-state index is 12.4. The molecule has 0 fully saturated rings. The minimum atomic E-state index is -3.63. The molecule has 1 atom stereocenters. The first-order valence-corrected chi connectivity index (χ1v) is 8.10. The molecule has 1 aromatic heterocycles. The topological polar surface area (TPSA) is 78.1 Å². The average Bonchev–Trinajstić information content (AvgIpc) is 2.86. The average molecular weight is 308 g/mol. The molecule has 2 N–H and O–H groups in total. The predicted molar refractivity (Wildman–Crippen MR) is 81.4 cm³/mol. The second-order valence-electron chi connectivity index (χ2n) is 5.18. The number of rotatable bonds is 6. The van der Waals surface area contributed by atoms with Gasteiger partial charge in [-0.15, -0.1) is 0 Å². The monoisotopic (exact) mass is 308 g/mol. The zero-order valence-corrected chi connectivity index (χ0v) is 13.2. The fourth-order valence-corrected chi connectivity index (χ4v) is 3.23. The summed E-state index contributed by atoms with van der Waals surface area (Å²) in [5, 5.41) is 0.0830. The van der Waals surface area contributed by atoms with Crippen molar-refractivity contribution in [2.24, 2.45) is 0 Å². The van der Waals surface area contributed by atoms with Gasteiger partial charge in [0.15, 0.2) is 5.03 Å². The van der Waals surface area contributed by atoms with E-state index in [0.29, 0.717) is 12.4 Å². The molecule has 0 amide bonds. The Morgan fingerprint density at radius 1 is 1.29 bits per heavy atom. The van der Waals surface area contributed by atoms with E-state index in [1.165, 1.54) is 6.20 Å². The number of hydrogen-bond donors (Lipinski definition) is 2. The van der Waals surface area contributed by atoms with Crippen molar-refractivity contribution in [1.82, 2.24) is 19.6 Å². The second kappa shape index (κ2) is 6.38. The number of aromatic nitrogens is 2. The van der Waals surface area contributed by atoms with Crippen LogP contribution in [0.25, 0.3) is 0 Å². The molecule has 0 aliphatic heterocycles. The van der Waals surface area contributed by atoms with Crippen LogP contribution in [0.3, 0.4) is 0 Å². The van der Waals surface area contributed by atoms with Gasteiger partial charge in [-0.1, -0.05) is 30.3 Å². The number of hydrogen-bond acceptors (Lipinski definition) is 4.